The maximum atomic E-state index is 12.0. The van der Waals surface area contributed by atoms with Gasteiger partial charge in [0.2, 0.25) is 0 Å². The number of halogens is 3. The molecule has 1 saturated carbocycles. The fourth-order valence-electron chi connectivity index (χ4n) is 2.30. The van der Waals surface area contributed by atoms with Gasteiger partial charge in [-0.15, -0.1) is 0 Å². The number of carbonyl (C=O) groups is 2. The van der Waals surface area contributed by atoms with E-state index < -0.39 is 11.9 Å². The molecule has 0 aromatic heterocycles. The molecule has 108 valence electrons. The van der Waals surface area contributed by atoms with E-state index in [-0.39, 0.29) is 21.5 Å². The molecule has 0 amide bonds. The Morgan fingerprint density at radius 1 is 1.00 bits per heavy atom. The zero-order valence-electron chi connectivity index (χ0n) is 10.6. The van der Waals surface area contributed by atoms with Gasteiger partial charge in [-0.3, -0.25) is 4.79 Å². The van der Waals surface area contributed by atoms with Crippen LogP contribution >= 0.6 is 34.8 Å². The van der Waals surface area contributed by atoms with E-state index in [0.29, 0.717) is 5.02 Å². The molecule has 2 rings (SSSR count). The second-order valence-electron chi connectivity index (χ2n) is 4.79. The van der Waals surface area contributed by atoms with Crippen LogP contribution in [0, 0.1) is 5.92 Å². The normalized spacial score (nSPS) is 15.9. The van der Waals surface area contributed by atoms with Gasteiger partial charge in [0.05, 0.1) is 21.5 Å². The summed E-state index contributed by atoms with van der Waals surface area (Å²) in [6.45, 7) is 0. The highest BCUT2D eigenvalue weighted by Crippen LogP contribution is 2.30. The summed E-state index contributed by atoms with van der Waals surface area (Å²) in [6, 6.07) is 2.77. The van der Waals surface area contributed by atoms with Crippen molar-refractivity contribution in [2.45, 2.75) is 32.1 Å². The van der Waals surface area contributed by atoms with Crippen molar-refractivity contribution < 1.29 is 14.3 Å². The first-order valence-electron chi connectivity index (χ1n) is 6.39. The average Bonchev–Trinajstić information content (AvgIpc) is 2.38. The molecule has 0 radical (unpaired) electrons. The van der Waals surface area contributed by atoms with Crippen molar-refractivity contribution in [3.05, 3.63) is 32.8 Å². The minimum atomic E-state index is -0.827. The summed E-state index contributed by atoms with van der Waals surface area (Å²) in [5, 5.41) is 0.461. The molecule has 0 heterocycles. The van der Waals surface area contributed by atoms with E-state index in [1.54, 1.807) is 0 Å². The molecule has 1 aliphatic carbocycles. The highest BCUT2D eigenvalue weighted by atomic mass is 35.5. The standard InChI is InChI=1S/C14H13Cl3O3/c15-9-6-10(16)12(11(17)7-9)14(19)20-13(18)8-4-2-1-3-5-8/h6-8H,1-5H2. The van der Waals surface area contributed by atoms with Crippen LogP contribution in [0.1, 0.15) is 42.5 Å². The van der Waals surface area contributed by atoms with Crippen LogP contribution in [-0.4, -0.2) is 11.9 Å². The number of rotatable bonds is 2. The molecule has 1 aliphatic rings. The van der Waals surface area contributed by atoms with Gasteiger partial charge in [-0.25, -0.2) is 4.79 Å². The summed E-state index contributed by atoms with van der Waals surface area (Å²) >= 11 is 17.6. The Hall–Kier alpha value is -0.770. The number of benzene rings is 1. The maximum Gasteiger partial charge on any atom is 0.348 e. The number of esters is 2. The zero-order chi connectivity index (χ0) is 14.7. The molecule has 0 N–H and O–H groups in total. The van der Waals surface area contributed by atoms with Gasteiger partial charge in [0.15, 0.2) is 0 Å². The second kappa shape index (κ2) is 6.79. The molecule has 1 aromatic rings. The van der Waals surface area contributed by atoms with Crippen LogP contribution in [0.25, 0.3) is 0 Å². The van der Waals surface area contributed by atoms with Crippen molar-refractivity contribution in [3.63, 3.8) is 0 Å². The topological polar surface area (TPSA) is 43.4 Å². The third-order valence-electron chi connectivity index (χ3n) is 3.34. The van der Waals surface area contributed by atoms with Gasteiger partial charge in [0.1, 0.15) is 0 Å². The number of carbonyl (C=O) groups excluding carboxylic acids is 2. The summed E-state index contributed by atoms with van der Waals surface area (Å²) in [6.07, 6.45) is 4.60. The molecule has 20 heavy (non-hydrogen) atoms. The van der Waals surface area contributed by atoms with Crippen molar-refractivity contribution in [1.82, 2.24) is 0 Å². The molecule has 1 fully saturated rings. The molecule has 0 saturated heterocycles. The molecule has 0 aliphatic heterocycles. The lowest BCUT2D eigenvalue weighted by atomic mass is 9.89. The maximum absolute atomic E-state index is 12.0. The zero-order valence-corrected chi connectivity index (χ0v) is 12.9. The van der Waals surface area contributed by atoms with E-state index in [1.807, 2.05) is 0 Å². The Labute approximate surface area is 132 Å². The molecule has 1 aromatic carbocycles. The molecule has 0 spiro atoms. The monoisotopic (exact) mass is 334 g/mol. The minimum absolute atomic E-state index is 0.0260. The van der Waals surface area contributed by atoms with E-state index in [2.05, 4.69) is 0 Å². The molecule has 0 unspecified atom stereocenters. The lowest BCUT2D eigenvalue weighted by Crippen LogP contribution is -2.23. The SMILES string of the molecule is O=C(OC(=O)C1CCCCC1)c1c(Cl)cc(Cl)cc1Cl. The van der Waals surface area contributed by atoms with Gasteiger partial charge in [-0.1, -0.05) is 54.1 Å². The smallest absolute Gasteiger partial charge is 0.348 e. The third-order valence-corrected chi connectivity index (χ3v) is 4.16. The van der Waals surface area contributed by atoms with Crippen molar-refractivity contribution in [2.75, 3.05) is 0 Å². The summed E-state index contributed by atoms with van der Waals surface area (Å²) in [5.74, 6) is -1.54. The Balaban J connectivity index is 2.10. The predicted octanol–water partition coefficient (Wildman–Crippen LogP) is 4.91. The molecule has 6 heteroatoms. The van der Waals surface area contributed by atoms with E-state index in [0.717, 1.165) is 32.1 Å². The van der Waals surface area contributed by atoms with Crippen molar-refractivity contribution in [3.8, 4) is 0 Å². The van der Waals surface area contributed by atoms with E-state index in [1.165, 1.54) is 12.1 Å². The van der Waals surface area contributed by atoms with Crippen LogP contribution < -0.4 is 0 Å². The van der Waals surface area contributed by atoms with Crippen LogP contribution in [0.15, 0.2) is 12.1 Å². The third kappa shape index (κ3) is 3.66. The van der Waals surface area contributed by atoms with Gasteiger partial charge in [0.25, 0.3) is 0 Å². The van der Waals surface area contributed by atoms with E-state index in [4.69, 9.17) is 39.5 Å². The number of ether oxygens (including phenoxy) is 1. The molecular formula is C14H13Cl3O3. The Kier molecular flexibility index (Phi) is 5.30. The van der Waals surface area contributed by atoms with Gasteiger partial charge in [0, 0.05) is 5.02 Å². The minimum Gasteiger partial charge on any atom is -0.389 e. The van der Waals surface area contributed by atoms with Gasteiger partial charge in [-0.2, -0.15) is 0 Å². The first-order valence-corrected chi connectivity index (χ1v) is 7.53. The molecule has 3 nitrogen and oxygen atoms in total. The summed E-state index contributed by atoms with van der Waals surface area (Å²) < 4.78 is 4.89. The highest BCUT2D eigenvalue weighted by Gasteiger charge is 2.27. The Morgan fingerprint density at radius 3 is 2.10 bits per heavy atom. The first kappa shape index (κ1) is 15.6. The quantitative estimate of drug-likeness (QED) is 0.569. The number of hydrogen-bond donors (Lipinski definition) is 0. The lowest BCUT2D eigenvalue weighted by Gasteiger charge is -2.19. The molecule has 0 atom stereocenters. The fourth-order valence-corrected chi connectivity index (χ4v) is 3.27. The fraction of sp³-hybridized carbons (Fsp3) is 0.429. The van der Waals surface area contributed by atoms with Crippen LogP contribution in [0.2, 0.25) is 15.1 Å². The Bertz CT molecular complexity index is 513. The predicted molar refractivity (Wildman–Crippen MR) is 78.5 cm³/mol. The average molecular weight is 336 g/mol. The largest absolute Gasteiger partial charge is 0.389 e. The van der Waals surface area contributed by atoms with Crippen LogP contribution in [0.3, 0.4) is 0 Å². The number of hydrogen-bond acceptors (Lipinski definition) is 3. The van der Waals surface area contributed by atoms with Gasteiger partial charge in [-0.05, 0) is 25.0 Å². The summed E-state index contributed by atoms with van der Waals surface area (Å²) in [5.41, 5.74) is -0.0260. The van der Waals surface area contributed by atoms with Gasteiger partial charge < -0.3 is 4.74 Å². The second-order valence-corrected chi connectivity index (χ2v) is 6.04. The summed E-state index contributed by atoms with van der Waals surface area (Å²) in [4.78, 5) is 23.9. The van der Waals surface area contributed by atoms with Crippen molar-refractivity contribution >= 4 is 46.7 Å². The first-order chi connectivity index (χ1) is 9.49. The lowest BCUT2D eigenvalue weighted by molar-refractivity contribution is -0.143. The van der Waals surface area contributed by atoms with E-state index in [9.17, 15) is 9.59 Å². The van der Waals surface area contributed by atoms with Crippen molar-refractivity contribution in [1.29, 1.82) is 0 Å². The highest BCUT2D eigenvalue weighted by molar-refractivity contribution is 6.42. The van der Waals surface area contributed by atoms with E-state index >= 15 is 0 Å². The van der Waals surface area contributed by atoms with Crippen molar-refractivity contribution in [2.24, 2.45) is 5.92 Å². The Morgan fingerprint density at radius 2 is 1.55 bits per heavy atom. The molecule has 0 bridgehead atoms. The van der Waals surface area contributed by atoms with Gasteiger partial charge >= 0.3 is 11.9 Å². The van der Waals surface area contributed by atoms with Crippen LogP contribution in [0.4, 0.5) is 0 Å². The van der Waals surface area contributed by atoms with Crippen LogP contribution in [-0.2, 0) is 9.53 Å². The van der Waals surface area contributed by atoms with Crippen LogP contribution in [0.5, 0.6) is 0 Å². The summed E-state index contributed by atoms with van der Waals surface area (Å²) in [7, 11) is 0. The molecular weight excluding hydrogens is 323 g/mol.